The fraction of sp³-hybridized carbons (Fsp3) is 0.308. The standard InChI is InChI=1S/C13H14Cl2N2S/c1-2-11(9-4-3-5-10(14)6-9)16-8-13-17-7-12(15)18-13/h3-7,11,16H,2,8H2,1H3. The number of hydrogen-bond donors (Lipinski definition) is 1. The van der Waals surface area contributed by atoms with Gasteiger partial charge in [-0.15, -0.1) is 11.3 Å². The third kappa shape index (κ3) is 3.69. The zero-order valence-corrected chi connectivity index (χ0v) is 12.3. The van der Waals surface area contributed by atoms with Gasteiger partial charge in [0.2, 0.25) is 0 Å². The third-order valence-corrected chi connectivity index (χ3v) is 4.03. The molecule has 0 aliphatic heterocycles. The van der Waals surface area contributed by atoms with Crippen molar-refractivity contribution in [2.45, 2.75) is 25.9 Å². The van der Waals surface area contributed by atoms with E-state index in [2.05, 4.69) is 23.3 Å². The first-order valence-corrected chi connectivity index (χ1v) is 7.35. The number of halogens is 2. The molecule has 1 heterocycles. The fourth-order valence-electron chi connectivity index (χ4n) is 1.80. The topological polar surface area (TPSA) is 24.9 Å². The Morgan fingerprint density at radius 3 is 2.83 bits per heavy atom. The Morgan fingerprint density at radius 2 is 2.22 bits per heavy atom. The van der Waals surface area contributed by atoms with Crippen molar-refractivity contribution in [3.63, 3.8) is 0 Å². The smallest absolute Gasteiger partial charge is 0.113 e. The molecule has 1 N–H and O–H groups in total. The van der Waals surface area contributed by atoms with Crippen molar-refractivity contribution < 1.29 is 0 Å². The van der Waals surface area contributed by atoms with Crippen LogP contribution in [-0.2, 0) is 6.54 Å². The number of thiazole rings is 1. The monoisotopic (exact) mass is 300 g/mol. The molecule has 0 radical (unpaired) electrons. The number of nitrogens with zero attached hydrogens (tertiary/aromatic N) is 1. The predicted molar refractivity (Wildman–Crippen MR) is 78.4 cm³/mol. The second-order valence-corrected chi connectivity index (χ2v) is 6.14. The summed E-state index contributed by atoms with van der Waals surface area (Å²) in [5, 5.41) is 5.24. The normalized spacial score (nSPS) is 12.6. The number of hydrogen-bond acceptors (Lipinski definition) is 3. The van der Waals surface area contributed by atoms with Crippen molar-refractivity contribution in [2.24, 2.45) is 0 Å². The van der Waals surface area contributed by atoms with Crippen LogP contribution in [0.15, 0.2) is 30.5 Å². The molecule has 2 rings (SSSR count). The summed E-state index contributed by atoms with van der Waals surface area (Å²) < 4.78 is 0.725. The molecular formula is C13H14Cl2N2S. The molecule has 0 saturated heterocycles. The Bertz CT molecular complexity index is 513. The summed E-state index contributed by atoms with van der Waals surface area (Å²) in [6, 6.07) is 8.23. The zero-order valence-electron chi connectivity index (χ0n) is 9.99. The molecule has 0 saturated carbocycles. The Morgan fingerprint density at radius 1 is 1.39 bits per heavy atom. The molecule has 1 atom stereocenters. The summed E-state index contributed by atoms with van der Waals surface area (Å²) >= 11 is 13.4. The van der Waals surface area contributed by atoms with Gasteiger partial charge >= 0.3 is 0 Å². The molecule has 0 spiro atoms. The van der Waals surface area contributed by atoms with Gasteiger partial charge in [0.05, 0.1) is 6.20 Å². The van der Waals surface area contributed by atoms with E-state index in [1.54, 1.807) is 6.20 Å². The van der Waals surface area contributed by atoms with Gasteiger partial charge in [-0.1, -0.05) is 42.3 Å². The van der Waals surface area contributed by atoms with E-state index >= 15 is 0 Å². The summed E-state index contributed by atoms with van der Waals surface area (Å²) in [7, 11) is 0. The van der Waals surface area contributed by atoms with E-state index in [-0.39, 0.29) is 6.04 Å². The largest absolute Gasteiger partial charge is 0.304 e. The van der Waals surface area contributed by atoms with E-state index in [0.717, 1.165) is 27.3 Å². The van der Waals surface area contributed by atoms with Crippen LogP contribution in [0.2, 0.25) is 9.36 Å². The molecule has 1 aromatic carbocycles. The first kappa shape index (κ1) is 13.8. The van der Waals surface area contributed by atoms with Crippen molar-refractivity contribution >= 4 is 34.5 Å². The summed E-state index contributed by atoms with van der Waals surface area (Å²) in [6.45, 7) is 2.87. The maximum atomic E-state index is 6.01. The molecule has 2 nitrogen and oxygen atoms in total. The van der Waals surface area contributed by atoms with Crippen LogP contribution < -0.4 is 5.32 Å². The molecule has 0 fully saturated rings. The molecule has 0 amide bonds. The van der Waals surface area contributed by atoms with Crippen LogP contribution in [0.25, 0.3) is 0 Å². The highest BCUT2D eigenvalue weighted by molar-refractivity contribution is 7.15. The molecule has 5 heteroatoms. The average Bonchev–Trinajstić information content (AvgIpc) is 2.76. The van der Waals surface area contributed by atoms with Crippen molar-refractivity contribution in [3.8, 4) is 0 Å². The third-order valence-electron chi connectivity index (χ3n) is 2.68. The van der Waals surface area contributed by atoms with Crippen molar-refractivity contribution in [1.82, 2.24) is 10.3 Å². The number of nitrogens with one attached hydrogen (secondary N) is 1. The first-order chi connectivity index (χ1) is 8.69. The lowest BCUT2D eigenvalue weighted by atomic mass is 10.0. The van der Waals surface area contributed by atoms with Gasteiger partial charge in [0.15, 0.2) is 0 Å². The molecule has 2 aromatic rings. The van der Waals surface area contributed by atoms with Crippen molar-refractivity contribution in [1.29, 1.82) is 0 Å². The molecule has 1 aromatic heterocycles. The van der Waals surface area contributed by atoms with Crippen molar-refractivity contribution in [3.05, 3.63) is 50.4 Å². The molecule has 96 valence electrons. The molecule has 0 aliphatic carbocycles. The molecule has 1 unspecified atom stereocenters. The Hall–Kier alpha value is -0.610. The first-order valence-electron chi connectivity index (χ1n) is 5.78. The average molecular weight is 301 g/mol. The Balaban J connectivity index is 2.01. The highest BCUT2D eigenvalue weighted by Gasteiger charge is 2.10. The van der Waals surface area contributed by atoms with E-state index in [1.165, 1.54) is 16.9 Å². The number of benzene rings is 1. The lowest BCUT2D eigenvalue weighted by Crippen LogP contribution is -2.20. The van der Waals surface area contributed by atoms with E-state index < -0.39 is 0 Å². The SMILES string of the molecule is CCC(NCc1ncc(Cl)s1)c1cccc(Cl)c1. The van der Waals surface area contributed by atoms with Crippen LogP contribution in [-0.4, -0.2) is 4.98 Å². The van der Waals surface area contributed by atoms with E-state index in [9.17, 15) is 0 Å². The van der Waals surface area contributed by atoms with Crippen LogP contribution >= 0.6 is 34.5 Å². The van der Waals surface area contributed by atoms with Crippen LogP contribution in [0.1, 0.15) is 30.0 Å². The highest BCUT2D eigenvalue weighted by Crippen LogP contribution is 2.22. The van der Waals surface area contributed by atoms with Crippen LogP contribution in [0.5, 0.6) is 0 Å². The van der Waals surface area contributed by atoms with Gasteiger partial charge in [0.1, 0.15) is 9.34 Å². The lowest BCUT2D eigenvalue weighted by Gasteiger charge is -2.16. The zero-order chi connectivity index (χ0) is 13.0. The minimum atomic E-state index is 0.284. The van der Waals surface area contributed by atoms with Gasteiger partial charge in [-0.05, 0) is 24.1 Å². The Kier molecular flexibility index (Phi) is 5.01. The van der Waals surface area contributed by atoms with Gasteiger partial charge in [0, 0.05) is 17.6 Å². The minimum Gasteiger partial charge on any atom is -0.304 e. The van der Waals surface area contributed by atoms with E-state index in [4.69, 9.17) is 23.2 Å². The number of rotatable bonds is 5. The Labute approximate surface area is 121 Å². The molecule has 0 aliphatic rings. The highest BCUT2D eigenvalue weighted by atomic mass is 35.5. The van der Waals surface area contributed by atoms with Crippen molar-refractivity contribution in [2.75, 3.05) is 0 Å². The van der Waals surface area contributed by atoms with Crippen LogP contribution in [0.3, 0.4) is 0 Å². The maximum Gasteiger partial charge on any atom is 0.113 e. The quantitative estimate of drug-likeness (QED) is 0.866. The molecular weight excluding hydrogens is 287 g/mol. The molecule has 18 heavy (non-hydrogen) atoms. The lowest BCUT2D eigenvalue weighted by molar-refractivity contribution is 0.518. The van der Waals surface area contributed by atoms with E-state index in [1.807, 2.05) is 18.2 Å². The van der Waals surface area contributed by atoms with Gasteiger partial charge < -0.3 is 5.32 Å². The fourth-order valence-corrected chi connectivity index (χ4v) is 2.91. The summed E-state index contributed by atoms with van der Waals surface area (Å²) in [5.74, 6) is 0. The maximum absolute atomic E-state index is 6.01. The summed E-state index contributed by atoms with van der Waals surface area (Å²) in [5.41, 5.74) is 1.20. The predicted octanol–water partition coefficient (Wildman–Crippen LogP) is 4.69. The second-order valence-electron chi connectivity index (χ2n) is 3.95. The van der Waals surface area contributed by atoms with Gasteiger partial charge in [-0.2, -0.15) is 0 Å². The van der Waals surface area contributed by atoms with Gasteiger partial charge in [-0.3, -0.25) is 0 Å². The summed E-state index contributed by atoms with van der Waals surface area (Å²) in [4.78, 5) is 4.23. The van der Waals surface area contributed by atoms with E-state index in [0.29, 0.717) is 0 Å². The minimum absolute atomic E-state index is 0.284. The second kappa shape index (κ2) is 6.53. The number of aromatic nitrogens is 1. The van der Waals surface area contributed by atoms with Gasteiger partial charge in [0.25, 0.3) is 0 Å². The molecule has 0 bridgehead atoms. The van der Waals surface area contributed by atoms with Crippen LogP contribution in [0.4, 0.5) is 0 Å². The van der Waals surface area contributed by atoms with Crippen LogP contribution in [0, 0.1) is 0 Å². The van der Waals surface area contributed by atoms with Gasteiger partial charge in [-0.25, -0.2) is 4.98 Å². The summed E-state index contributed by atoms with van der Waals surface area (Å²) in [6.07, 6.45) is 2.68.